The molecule has 0 bridgehead atoms. The van der Waals surface area contributed by atoms with Crippen molar-refractivity contribution < 1.29 is 23.1 Å². The SMILES string of the molecule is NS(=O)(=O)c1cccc2c1C(=O)C(Nc1ccc(O)cc1)=CC2=O. The second kappa shape index (κ2) is 5.59. The van der Waals surface area contributed by atoms with E-state index in [1.54, 1.807) is 0 Å². The van der Waals surface area contributed by atoms with Crippen molar-refractivity contribution in [1.82, 2.24) is 0 Å². The molecule has 1 aliphatic carbocycles. The number of primary sulfonamides is 1. The summed E-state index contributed by atoms with van der Waals surface area (Å²) in [6.07, 6.45) is 1.10. The van der Waals surface area contributed by atoms with Gasteiger partial charge in [-0.3, -0.25) is 9.59 Å². The van der Waals surface area contributed by atoms with Gasteiger partial charge in [-0.05, 0) is 30.3 Å². The Balaban J connectivity index is 2.07. The number of benzene rings is 2. The minimum Gasteiger partial charge on any atom is -0.508 e. The van der Waals surface area contributed by atoms with E-state index in [1.807, 2.05) is 0 Å². The third kappa shape index (κ3) is 2.80. The van der Waals surface area contributed by atoms with Gasteiger partial charge in [-0.25, -0.2) is 13.6 Å². The van der Waals surface area contributed by atoms with Crippen LogP contribution in [0.2, 0.25) is 0 Å². The Hall–Kier alpha value is -2.97. The molecule has 0 atom stereocenters. The Kier molecular flexibility index (Phi) is 3.70. The first-order valence-electron chi connectivity index (χ1n) is 6.80. The summed E-state index contributed by atoms with van der Waals surface area (Å²) >= 11 is 0. The molecule has 4 N–H and O–H groups in total. The van der Waals surface area contributed by atoms with Gasteiger partial charge in [0.15, 0.2) is 5.78 Å². The number of sulfonamides is 1. The van der Waals surface area contributed by atoms with Crippen LogP contribution in [0.25, 0.3) is 0 Å². The molecule has 122 valence electrons. The molecule has 0 amide bonds. The van der Waals surface area contributed by atoms with Gasteiger partial charge in [0.05, 0.1) is 16.2 Å². The quantitative estimate of drug-likeness (QED) is 0.723. The molecule has 3 rings (SSSR count). The van der Waals surface area contributed by atoms with E-state index in [0.29, 0.717) is 5.69 Å². The standard InChI is InChI=1S/C16H12N2O5S/c17-24(22,23)14-3-1-2-11-13(20)8-12(16(21)15(11)14)18-9-4-6-10(19)7-5-9/h1-8,18-19H,(H2,17,22,23). The molecule has 2 aromatic carbocycles. The van der Waals surface area contributed by atoms with E-state index in [1.165, 1.54) is 42.5 Å². The van der Waals surface area contributed by atoms with Gasteiger partial charge in [0, 0.05) is 17.3 Å². The lowest BCUT2D eigenvalue weighted by Crippen LogP contribution is -2.26. The predicted molar refractivity (Wildman–Crippen MR) is 86.3 cm³/mol. The molecule has 0 saturated carbocycles. The zero-order valence-electron chi connectivity index (χ0n) is 12.2. The number of fused-ring (bicyclic) bond motifs is 1. The van der Waals surface area contributed by atoms with Crippen molar-refractivity contribution in [3.8, 4) is 5.75 Å². The average Bonchev–Trinajstić information content (AvgIpc) is 2.53. The summed E-state index contributed by atoms with van der Waals surface area (Å²) in [5.41, 5.74) is 0.127. The number of allylic oxidation sites excluding steroid dienone is 2. The van der Waals surface area contributed by atoms with Gasteiger partial charge in [0.25, 0.3) is 0 Å². The first kappa shape index (κ1) is 15.9. The summed E-state index contributed by atoms with van der Waals surface area (Å²) in [7, 11) is -4.16. The molecule has 0 aliphatic heterocycles. The van der Waals surface area contributed by atoms with Crippen molar-refractivity contribution in [2.45, 2.75) is 4.90 Å². The lowest BCUT2D eigenvalue weighted by Gasteiger charge is -2.18. The van der Waals surface area contributed by atoms with Gasteiger partial charge < -0.3 is 10.4 Å². The monoisotopic (exact) mass is 344 g/mol. The van der Waals surface area contributed by atoms with Crippen LogP contribution in [0.3, 0.4) is 0 Å². The molecular weight excluding hydrogens is 332 g/mol. The maximum Gasteiger partial charge on any atom is 0.238 e. The van der Waals surface area contributed by atoms with E-state index >= 15 is 0 Å². The smallest absolute Gasteiger partial charge is 0.238 e. The highest BCUT2D eigenvalue weighted by Crippen LogP contribution is 2.28. The van der Waals surface area contributed by atoms with Gasteiger partial charge in [0.1, 0.15) is 5.75 Å². The number of hydrogen-bond donors (Lipinski definition) is 3. The molecule has 0 aromatic heterocycles. The second-order valence-electron chi connectivity index (χ2n) is 5.15. The largest absolute Gasteiger partial charge is 0.508 e. The van der Waals surface area contributed by atoms with E-state index in [0.717, 1.165) is 6.08 Å². The maximum atomic E-state index is 12.6. The molecule has 1 aliphatic rings. The number of rotatable bonds is 3. The summed E-state index contributed by atoms with van der Waals surface area (Å²) in [4.78, 5) is 24.5. The van der Waals surface area contributed by atoms with Gasteiger partial charge in [-0.1, -0.05) is 12.1 Å². The van der Waals surface area contributed by atoms with Crippen LogP contribution >= 0.6 is 0 Å². The molecule has 0 radical (unpaired) electrons. The van der Waals surface area contributed by atoms with E-state index in [4.69, 9.17) is 5.14 Å². The van der Waals surface area contributed by atoms with Gasteiger partial charge >= 0.3 is 0 Å². The minimum absolute atomic E-state index is 0.0113. The Morgan fingerprint density at radius 3 is 2.29 bits per heavy atom. The summed E-state index contributed by atoms with van der Waals surface area (Å²) in [5, 5.41) is 17.2. The van der Waals surface area contributed by atoms with Crippen molar-refractivity contribution >= 4 is 27.3 Å². The minimum atomic E-state index is -4.16. The highest BCUT2D eigenvalue weighted by molar-refractivity contribution is 7.89. The number of nitrogens with two attached hydrogens (primary N) is 1. The van der Waals surface area contributed by atoms with E-state index in [2.05, 4.69) is 5.32 Å². The Morgan fingerprint density at radius 1 is 1.00 bits per heavy atom. The molecule has 0 spiro atoms. The van der Waals surface area contributed by atoms with Crippen LogP contribution < -0.4 is 10.5 Å². The summed E-state index contributed by atoms with van der Waals surface area (Å²) in [6, 6.07) is 9.74. The molecule has 8 heteroatoms. The number of aromatic hydroxyl groups is 1. The fourth-order valence-corrected chi connectivity index (χ4v) is 3.17. The zero-order chi connectivity index (χ0) is 17.5. The van der Waals surface area contributed by atoms with E-state index in [9.17, 15) is 23.1 Å². The summed E-state index contributed by atoms with van der Waals surface area (Å²) < 4.78 is 23.4. The number of carbonyl (C=O) groups is 2. The molecule has 0 saturated heterocycles. The first-order valence-corrected chi connectivity index (χ1v) is 8.34. The topological polar surface area (TPSA) is 127 Å². The number of anilines is 1. The highest BCUT2D eigenvalue weighted by atomic mass is 32.2. The van der Waals surface area contributed by atoms with Crippen LogP contribution in [0.5, 0.6) is 5.75 Å². The zero-order valence-corrected chi connectivity index (χ0v) is 13.0. The van der Waals surface area contributed by atoms with Gasteiger partial charge in [-0.2, -0.15) is 0 Å². The van der Waals surface area contributed by atoms with Crippen LogP contribution in [-0.4, -0.2) is 25.1 Å². The molecule has 24 heavy (non-hydrogen) atoms. The molecule has 0 unspecified atom stereocenters. The normalized spacial score (nSPS) is 14.1. The Labute approximate surface area is 137 Å². The number of phenols is 1. The van der Waals surface area contributed by atoms with Crippen LogP contribution in [0.4, 0.5) is 5.69 Å². The molecule has 2 aromatic rings. The number of hydrogen-bond acceptors (Lipinski definition) is 6. The Morgan fingerprint density at radius 2 is 1.67 bits per heavy atom. The van der Waals surface area contributed by atoms with Crippen LogP contribution in [-0.2, 0) is 10.0 Å². The van der Waals surface area contributed by atoms with Crippen LogP contribution in [0, 0.1) is 0 Å². The van der Waals surface area contributed by atoms with E-state index in [-0.39, 0.29) is 22.6 Å². The highest BCUT2D eigenvalue weighted by Gasteiger charge is 2.31. The second-order valence-corrected chi connectivity index (χ2v) is 6.68. The summed E-state index contributed by atoms with van der Waals surface area (Å²) in [6.45, 7) is 0. The van der Waals surface area contributed by atoms with Crippen molar-refractivity contribution in [1.29, 1.82) is 0 Å². The van der Waals surface area contributed by atoms with Crippen molar-refractivity contribution in [2.24, 2.45) is 5.14 Å². The molecule has 7 nitrogen and oxygen atoms in total. The lowest BCUT2D eigenvalue weighted by molar-refractivity contribution is 0.0983. The maximum absolute atomic E-state index is 12.6. The van der Waals surface area contributed by atoms with Crippen molar-refractivity contribution in [3.05, 3.63) is 65.4 Å². The number of carbonyl (C=O) groups excluding carboxylic acids is 2. The average molecular weight is 344 g/mol. The third-order valence-electron chi connectivity index (χ3n) is 3.49. The fourth-order valence-electron chi connectivity index (χ4n) is 2.41. The van der Waals surface area contributed by atoms with Crippen molar-refractivity contribution in [2.75, 3.05) is 5.32 Å². The number of nitrogens with one attached hydrogen (secondary N) is 1. The number of ketones is 2. The number of phenolic OH excluding ortho intramolecular Hbond substituents is 1. The molecular formula is C16H12N2O5S. The van der Waals surface area contributed by atoms with Crippen LogP contribution in [0.1, 0.15) is 20.7 Å². The van der Waals surface area contributed by atoms with E-state index < -0.39 is 26.5 Å². The summed E-state index contributed by atoms with van der Waals surface area (Å²) in [5.74, 6) is -1.11. The Bertz CT molecular complexity index is 992. The molecule has 0 fully saturated rings. The third-order valence-corrected chi connectivity index (χ3v) is 4.44. The van der Waals surface area contributed by atoms with Gasteiger partial charge in [0.2, 0.25) is 15.8 Å². The lowest BCUT2D eigenvalue weighted by atomic mass is 9.92. The predicted octanol–water partition coefficient (Wildman–Crippen LogP) is 1.41. The van der Waals surface area contributed by atoms with Crippen LogP contribution in [0.15, 0.2) is 59.1 Å². The van der Waals surface area contributed by atoms with Crippen molar-refractivity contribution in [3.63, 3.8) is 0 Å². The first-order chi connectivity index (χ1) is 11.3. The fraction of sp³-hybridized carbons (Fsp3) is 0. The molecule has 0 heterocycles. The van der Waals surface area contributed by atoms with Gasteiger partial charge in [-0.15, -0.1) is 0 Å². The number of Topliss-reactive ketones (excluding diaryl/α,β-unsaturated/α-hetero) is 1.